The van der Waals surface area contributed by atoms with Crippen LogP contribution in [0.4, 0.5) is 0 Å². The van der Waals surface area contributed by atoms with Gasteiger partial charge in [0.2, 0.25) is 0 Å². The number of nitrogens with one attached hydrogen (secondary N) is 1. The van der Waals surface area contributed by atoms with E-state index in [2.05, 4.69) is 10.4 Å². The summed E-state index contributed by atoms with van der Waals surface area (Å²) in [4.78, 5) is 11.8. The van der Waals surface area contributed by atoms with Crippen molar-refractivity contribution < 1.29 is 4.79 Å². The Hall–Kier alpha value is -1.36. The van der Waals surface area contributed by atoms with Gasteiger partial charge in [0.05, 0.1) is 11.8 Å². The Bertz CT molecular complexity index is 381. The van der Waals surface area contributed by atoms with Crippen LogP contribution in [0.3, 0.4) is 0 Å². The smallest absolute Gasteiger partial charge is 0.254 e. The van der Waals surface area contributed by atoms with Gasteiger partial charge in [-0.25, -0.2) is 0 Å². The Morgan fingerprint density at radius 2 is 2.44 bits per heavy atom. The van der Waals surface area contributed by atoms with Crippen LogP contribution in [-0.4, -0.2) is 28.3 Å². The fourth-order valence-corrected chi connectivity index (χ4v) is 1.63. The third-order valence-electron chi connectivity index (χ3n) is 2.83. The lowest BCUT2D eigenvalue weighted by molar-refractivity contribution is 0.0950. The molecule has 0 radical (unpaired) electrons. The number of hydrogen-bond acceptors (Lipinski definition) is 3. The number of rotatable bonds is 5. The number of carbonyl (C=O) groups excluding carboxylic acids is 1. The van der Waals surface area contributed by atoms with Gasteiger partial charge in [-0.3, -0.25) is 9.48 Å². The van der Waals surface area contributed by atoms with Gasteiger partial charge in [0.25, 0.3) is 5.91 Å². The van der Waals surface area contributed by atoms with Crippen LogP contribution in [0.2, 0.25) is 0 Å². The van der Waals surface area contributed by atoms with Crippen molar-refractivity contribution in [2.75, 3.05) is 6.54 Å². The molecule has 16 heavy (non-hydrogen) atoms. The first-order valence-electron chi connectivity index (χ1n) is 5.75. The molecule has 0 bridgehead atoms. The maximum atomic E-state index is 11.8. The van der Waals surface area contributed by atoms with Crippen LogP contribution in [0.25, 0.3) is 0 Å². The fraction of sp³-hybridized carbons (Fsp3) is 0.636. The van der Waals surface area contributed by atoms with Gasteiger partial charge in [0.15, 0.2) is 0 Å². The van der Waals surface area contributed by atoms with E-state index in [0.717, 1.165) is 31.5 Å². The average molecular weight is 222 g/mol. The molecule has 0 spiro atoms. The van der Waals surface area contributed by atoms with Crippen LogP contribution in [0.5, 0.6) is 0 Å². The molecule has 1 saturated carbocycles. The third kappa shape index (κ3) is 2.41. The largest absolute Gasteiger partial charge is 0.349 e. The molecule has 0 aliphatic heterocycles. The van der Waals surface area contributed by atoms with E-state index in [1.54, 1.807) is 6.20 Å². The van der Waals surface area contributed by atoms with E-state index < -0.39 is 0 Å². The lowest BCUT2D eigenvalue weighted by Gasteiger charge is -2.05. The molecule has 5 heteroatoms. The van der Waals surface area contributed by atoms with E-state index in [1.807, 2.05) is 11.6 Å². The molecule has 1 amide bonds. The fourth-order valence-electron chi connectivity index (χ4n) is 1.63. The van der Waals surface area contributed by atoms with Gasteiger partial charge in [-0.2, -0.15) is 5.10 Å². The van der Waals surface area contributed by atoms with Crippen molar-refractivity contribution in [3.8, 4) is 0 Å². The number of aryl methyl sites for hydroxylation is 1. The molecule has 1 fully saturated rings. The SMILES string of the molecule is Cc1c(C(=O)NC2CC2)cnn1CCCN. The number of carbonyl (C=O) groups is 1. The molecule has 0 aromatic carbocycles. The molecule has 1 heterocycles. The van der Waals surface area contributed by atoms with Gasteiger partial charge in [-0.15, -0.1) is 0 Å². The quantitative estimate of drug-likeness (QED) is 0.759. The predicted octanol–water partition coefficient (Wildman–Crippen LogP) is 0.433. The molecular weight excluding hydrogens is 204 g/mol. The summed E-state index contributed by atoms with van der Waals surface area (Å²) in [5.41, 5.74) is 7.05. The number of nitrogens with two attached hydrogens (primary N) is 1. The van der Waals surface area contributed by atoms with Gasteiger partial charge < -0.3 is 11.1 Å². The summed E-state index contributed by atoms with van der Waals surface area (Å²) < 4.78 is 1.84. The monoisotopic (exact) mass is 222 g/mol. The number of amides is 1. The minimum Gasteiger partial charge on any atom is -0.349 e. The van der Waals surface area contributed by atoms with Crippen LogP contribution in [0.15, 0.2) is 6.20 Å². The van der Waals surface area contributed by atoms with Gasteiger partial charge in [0.1, 0.15) is 0 Å². The van der Waals surface area contributed by atoms with E-state index in [1.165, 1.54) is 0 Å². The maximum absolute atomic E-state index is 11.8. The molecule has 5 nitrogen and oxygen atoms in total. The summed E-state index contributed by atoms with van der Waals surface area (Å²) in [5.74, 6) is -0.000927. The summed E-state index contributed by atoms with van der Waals surface area (Å²) in [5, 5.41) is 7.17. The molecule has 0 atom stereocenters. The van der Waals surface area contributed by atoms with Gasteiger partial charge in [0, 0.05) is 18.3 Å². The second-order valence-corrected chi connectivity index (χ2v) is 4.26. The molecular formula is C11H18N4O. The van der Waals surface area contributed by atoms with Crippen molar-refractivity contribution >= 4 is 5.91 Å². The van der Waals surface area contributed by atoms with Crippen molar-refractivity contribution in [2.45, 2.75) is 38.8 Å². The Labute approximate surface area is 95.0 Å². The standard InChI is InChI=1S/C11H18N4O/c1-8-10(11(16)14-9-3-4-9)7-13-15(8)6-2-5-12/h7,9H,2-6,12H2,1H3,(H,14,16). The molecule has 1 aliphatic carbocycles. The van der Waals surface area contributed by atoms with E-state index in [-0.39, 0.29) is 5.91 Å². The van der Waals surface area contributed by atoms with Crippen molar-refractivity contribution in [2.24, 2.45) is 5.73 Å². The molecule has 3 N–H and O–H groups in total. The second-order valence-electron chi connectivity index (χ2n) is 4.26. The third-order valence-corrected chi connectivity index (χ3v) is 2.83. The summed E-state index contributed by atoms with van der Waals surface area (Å²) in [6.07, 6.45) is 4.73. The normalized spacial score (nSPS) is 15.1. The van der Waals surface area contributed by atoms with Crippen molar-refractivity contribution in [1.82, 2.24) is 15.1 Å². The van der Waals surface area contributed by atoms with Crippen LogP contribution in [-0.2, 0) is 6.54 Å². The van der Waals surface area contributed by atoms with Crippen LogP contribution in [0, 0.1) is 6.92 Å². The highest BCUT2D eigenvalue weighted by Gasteiger charge is 2.25. The van der Waals surface area contributed by atoms with E-state index in [4.69, 9.17) is 5.73 Å². The zero-order chi connectivity index (χ0) is 11.5. The average Bonchev–Trinajstić information content (AvgIpc) is 2.99. The lowest BCUT2D eigenvalue weighted by atomic mass is 10.2. The first-order valence-corrected chi connectivity index (χ1v) is 5.75. The molecule has 88 valence electrons. The minimum atomic E-state index is -0.000927. The Morgan fingerprint density at radius 1 is 1.69 bits per heavy atom. The first kappa shape index (κ1) is 11.1. The highest BCUT2D eigenvalue weighted by molar-refractivity contribution is 5.95. The highest BCUT2D eigenvalue weighted by atomic mass is 16.1. The van der Waals surface area contributed by atoms with Gasteiger partial charge in [-0.05, 0) is 32.7 Å². The van der Waals surface area contributed by atoms with Crippen molar-refractivity contribution in [1.29, 1.82) is 0 Å². The zero-order valence-electron chi connectivity index (χ0n) is 9.57. The molecule has 1 aliphatic rings. The maximum Gasteiger partial charge on any atom is 0.254 e. The van der Waals surface area contributed by atoms with E-state index >= 15 is 0 Å². The van der Waals surface area contributed by atoms with Crippen LogP contribution >= 0.6 is 0 Å². The second kappa shape index (κ2) is 4.65. The van der Waals surface area contributed by atoms with E-state index in [9.17, 15) is 4.79 Å². The van der Waals surface area contributed by atoms with Crippen LogP contribution in [0.1, 0.15) is 35.3 Å². The lowest BCUT2D eigenvalue weighted by Crippen LogP contribution is -2.25. The molecule has 1 aromatic rings. The summed E-state index contributed by atoms with van der Waals surface area (Å²) in [6.45, 7) is 3.34. The minimum absolute atomic E-state index is 0.000927. The van der Waals surface area contributed by atoms with Gasteiger partial charge in [-0.1, -0.05) is 0 Å². The topological polar surface area (TPSA) is 72.9 Å². The summed E-state index contributed by atoms with van der Waals surface area (Å²) in [7, 11) is 0. The molecule has 2 rings (SSSR count). The highest BCUT2D eigenvalue weighted by Crippen LogP contribution is 2.19. The Morgan fingerprint density at radius 3 is 3.06 bits per heavy atom. The van der Waals surface area contributed by atoms with Crippen molar-refractivity contribution in [3.63, 3.8) is 0 Å². The first-order chi connectivity index (χ1) is 7.72. The number of hydrogen-bond donors (Lipinski definition) is 2. The predicted molar refractivity (Wildman–Crippen MR) is 61.1 cm³/mol. The Kier molecular flexibility index (Phi) is 3.24. The molecule has 0 unspecified atom stereocenters. The van der Waals surface area contributed by atoms with Gasteiger partial charge >= 0.3 is 0 Å². The summed E-state index contributed by atoms with van der Waals surface area (Å²) in [6, 6.07) is 0.388. The van der Waals surface area contributed by atoms with Crippen molar-refractivity contribution in [3.05, 3.63) is 17.5 Å². The molecule has 0 saturated heterocycles. The molecule has 1 aromatic heterocycles. The van der Waals surface area contributed by atoms with Crippen LogP contribution < -0.4 is 11.1 Å². The van der Waals surface area contributed by atoms with E-state index in [0.29, 0.717) is 18.2 Å². The zero-order valence-corrected chi connectivity index (χ0v) is 9.57. The summed E-state index contributed by atoms with van der Waals surface area (Å²) >= 11 is 0. The number of aromatic nitrogens is 2. The Balaban J connectivity index is 2.02. The number of nitrogens with zero attached hydrogens (tertiary/aromatic N) is 2.